The predicted octanol–water partition coefficient (Wildman–Crippen LogP) is 4.28. The minimum Gasteiger partial charge on any atom is -0.420 e. The van der Waals surface area contributed by atoms with Crippen LogP contribution in [0.5, 0.6) is 0 Å². The fourth-order valence-corrected chi connectivity index (χ4v) is 3.09. The molecule has 0 aliphatic carbocycles. The highest BCUT2D eigenvalue weighted by molar-refractivity contribution is 5.67. The Labute approximate surface area is 146 Å². The van der Waals surface area contributed by atoms with Crippen LogP contribution in [-0.4, -0.2) is 11.5 Å². The number of fused-ring (bicyclic) bond motifs is 1. The van der Waals surface area contributed by atoms with Gasteiger partial charge in [0.25, 0.3) is 0 Å². The van der Waals surface area contributed by atoms with Gasteiger partial charge in [-0.3, -0.25) is 0 Å². The van der Waals surface area contributed by atoms with Gasteiger partial charge in [0.15, 0.2) is 0 Å². The van der Waals surface area contributed by atoms with Gasteiger partial charge in [-0.1, -0.05) is 54.6 Å². The van der Waals surface area contributed by atoms with E-state index in [0.717, 1.165) is 25.1 Å². The summed E-state index contributed by atoms with van der Waals surface area (Å²) in [7, 11) is 0. The van der Waals surface area contributed by atoms with Crippen LogP contribution in [0, 0.1) is 11.3 Å². The van der Waals surface area contributed by atoms with Crippen LogP contribution < -0.4 is 4.90 Å². The van der Waals surface area contributed by atoms with Crippen molar-refractivity contribution >= 4 is 18.0 Å². The van der Waals surface area contributed by atoms with Crippen LogP contribution in [0.1, 0.15) is 28.3 Å². The normalized spacial score (nSPS) is 13.6. The molecule has 2 heterocycles. The lowest BCUT2D eigenvalue weighted by atomic mass is 10.00. The Kier molecular flexibility index (Phi) is 4.05. The van der Waals surface area contributed by atoms with Crippen molar-refractivity contribution in [1.82, 2.24) is 4.98 Å². The SMILES string of the molecule is N#Cc1nc(C=Cc2ccccc2)oc1N1CCc2ccccc2C1. The van der Waals surface area contributed by atoms with Gasteiger partial charge in [0.05, 0.1) is 0 Å². The molecule has 0 N–H and O–H groups in total. The van der Waals surface area contributed by atoms with E-state index in [2.05, 4.69) is 34.2 Å². The maximum atomic E-state index is 9.42. The highest BCUT2D eigenvalue weighted by Crippen LogP contribution is 2.28. The third kappa shape index (κ3) is 3.17. The van der Waals surface area contributed by atoms with Crippen LogP contribution in [-0.2, 0) is 13.0 Å². The molecule has 3 aromatic rings. The summed E-state index contributed by atoms with van der Waals surface area (Å²) in [6.45, 7) is 1.56. The number of nitrogens with zero attached hydrogens (tertiary/aromatic N) is 3. The van der Waals surface area contributed by atoms with Crippen molar-refractivity contribution in [1.29, 1.82) is 5.26 Å². The Balaban J connectivity index is 1.60. The molecule has 4 heteroatoms. The first-order valence-corrected chi connectivity index (χ1v) is 8.29. The summed E-state index contributed by atoms with van der Waals surface area (Å²) >= 11 is 0. The quantitative estimate of drug-likeness (QED) is 0.720. The van der Waals surface area contributed by atoms with Gasteiger partial charge in [-0.15, -0.1) is 0 Å². The molecule has 0 saturated carbocycles. The van der Waals surface area contributed by atoms with Crippen molar-refractivity contribution in [3.8, 4) is 6.07 Å². The van der Waals surface area contributed by atoms with Crippen molar-refractivity contribution in [2.45, 2.75) is 13.0 Å². The molecule has 1 aliphatic rings. The second-order valence-corrected chi connectivity index (χ2v) is 6.00. The predicted molar refractivity (Wildman–Crippen MR) is 97.8 cm³/mol. The topological polar surface area (TPSA) is 53.1 Å². The summed E-state index contributed by atoms with van der Waals surface area (Å²) in [5, 5.41) is 9.42. The molecule has 1 aliphatic heterocycles. The zero-order chi connectivity index (χ0) is 17.1. The molecule has 122 valence electrons. The first-order valence-electron chi connectivity index (χ1n) is 8.29. The molecular formula is C21H17N3O. The summed E-state index contributed by atoms with van der Waals surface area (Å²) in [5.41, 5.74) is 4.04. The zero-order valence-corrected chi connectivity index (χ0v) is 13.7. The van der Waals surface area contributed by atoms with Crippen LogP contribution in [0.3, 0.4) is 0 Å². The van der Waals surface area contributed by atoms with Crippen molar-refractivity contribution in [2.75, 3.05) is 11.4 Å². The molecule has 25 heavy (non-hydrogen) atoms. The van der Waals surface area contributed by atoms with Crippen LogP contribution in [0.15, 0.2) is 59.0 Å². The molecule has 2 aromatic carbocycles. The minimum absolute atomic E-state index is 0.340. The van der Waals surface area contributed by atoms with Gasteiger partial charge in [-0.2, -0.15) is 10.2 Å². The average Bonchev–Trinajstić information content (AvgIpc) is 3.10. The van der Waals surface area contributed by atoms with Crippen LogP contribution in [0.4, 0.5) is 5.88 Å². The first kappa shape index (κ1) is 15.2. The zero-order valence-electron chi connectivity index (χ0n) is 13.7. The molecule has 4 rings (SSSR count). The number of oxazole rings is 1. The molecule has 0 unspecified atom stereocenters. The Bertz CT molecular complexity index is 951. The highest BCUT2D eigenvalue weighted by atomic mass is 16.4. The molecule has 0 spiro atoms. The summed E-state index contributed by atoms with van der Waals surface area (Å²) in [6, 6.07) is 20.5. The standard InChI is InChI=1S/C21H17N3O/c22-14-19-21(24-13-12-17-8-4-5-9-18(17)15-24)25-20(23-19)11-10-16-6-2-1-3-7-16/h1-11H,12-13,15H2. The summed E-state index contributed by atoms with van der Waals surface area (Å²) < 4.78 is 5.89. The summed E-state index contributed by atoms with van der Waals surface area (Å²) in [6.07, 6.45) is 4.68. The second kappa shape index (κ2) is 6.66. The molecule has 0 saturated heterocycles. The molecule has 0 fully saturated rings. The highest BCUT2D eigenvalue weighted by Gasteiger charge is 2.23. The Morgan fingerprint density at radius 1 is 1.00 bits per heavy atom. The van der Waals surface area contributed by atoms with Crippen molar-refractivity contribution in [3.63, 3.8) is 0 Å². The lowest BCUT2D eigenvalue weighted by Gasteiger charge is -2.28. The lowest BCUT2D eigenvalue weighted by molar-refractivity contribution is 0.520. The molecule has 4 nitrogen and oxygen atoms in total. The number of rotatable bonds is 3. The van der Waals surface area contributed by atoms with Crippen LogP contribution in [0.2, 0.25) is 0 Å². The summed E-state index contributed by atoms with van der Waals surface area (Å²) in [4.78, 5) is 6.41. The Morgan fingerprint density at radius 3 is 2.56 bits per heavy atom. The monoisotopic (exact) mass is 327 g/mol. The fraction of sp³-hybridized carbons (Fsp3) is 0.143. The van der Waals surface area contributed by atoms with Gasteiger partial charge in [0.1, 0.15) is 6.07 Å². The molecule has 0 amide bonds. The van der Waals surface area contributed by atoms with Gasteiger partial charge in [0.2, 0.25) is 17.5 Å². The molecule has 1 aromatic heterocycles. The number of nitriles is 1. The Hall–Kier alpha value is -3.32. The second-order valence-electron chi connectivity index (χ2n) is 6.00. The average molecular weight is 327 g/mol. The summed E-state index contributed by atoms with van der Waals surface area (Å²) in [5.74, 6) is 1.01. The number of hydrogen-bond acceptors (Lipinski definition) is 4. The maximum absolute atomic E-state index is 9.42. The van der Waals surface area contributed by atoms with E-state index in [1.807, 2.05) is 42.5 Å². The van der Waals surface area contributed by atoms with Gasteiger partial charge in [-0.25, -0.2) is 0 Å². The van der Waals surface area contributed by atoms with E-state index in [1.165, 1.54) is 11.1 Å². The first-order chi connectivity index (χ1) is 12.3. The number of aromatic nitrogens is 1. The molecule has 0 atom stereocenters. The molecule has 0 bridgehead atoms. The van der Waals surface area contributed by atoms with Gasteiger partial charge >= 0.3 is 0 Å². The lowest BCUT2D eigenvalue weighted by Crippen LogP contribution is -2.30. The van der Waals surface area contributed by atoms with Gasteiger partial charge in [-0.05, 0) is 29.2 Å². The van der Waals surface area contributed by atoms with E-state index in [9.17, 15) is 5.26 Å². The van der Waals surface area contributed by atoms with Crippen molar-refractivity contribution in [3.05, 3.63) is 82.9 Å². The maximum Gasteiger partial charge on any atom is 0.235 e. The smallest absolute Gasteiger partial charge is 0.235 e. The van der Waals surface area contributed by atoms with E-state index < -0.39 is 0 Å². The third-order valence-electron chi connectivity index (χ3n) is 4.37. The van der Waals surface area contributed by atoms with Gasteiger partial charge < -0.3 is 9.32 Å². The van der Waals surface area contributed by atoms with E-state index in [-0.39, 0.29) is 0 Å². The van der Waals surface area contributed by atoms with Crippen molar-refractivity contribution < 1.29 is 4.42 Å². The minimum atomic E-state index is 0.340. The van der Waals surface area contributed by atoms with Crippen LogP contribution >= 0.6 is 0 Å². The number of benzene rings is 2. The van der Waals surface area contributed by atoms with E-state index in [0.29, 0.717) is 17.5 Å². The van der Waals surface area contributed by atoms with E-state index >= 15 is 0 Å². The van der Waals surface area contributed by atoms with Gasteiger partial charge in [0, 0.05) is 19.2 Å². The largest absolute Gasteiger partial charge is 0.420 e. The Morgan fingerprint density at radius 2 is 1.76 bits per heavy atom. The third-order valence-corrected chi connectivity index (χ3v) is 4.37. The van der Waals surface area contributed by atoms with E-state index in [4.69, 9.17) is 4.42 Å². The molecule has 0 radical (unpaired) electrons. The fourth-order valence-electron chi connectivity index (χ4n) is 3.09. The number of anilines is 1. The molecular weight excluding hydrogens is 310 g/mol. The van der Waals surface area contributed by atoms with Crippen LogP contribution in [0.25, 0.3) is 12.2 Å². The van der Waals surface area contributed by atoms with Crippen molar-refractivity contribution in [2.24, 2.45) is 0 Å². The van der Waals surface area contributed by atoms with E-state index in [1.54, 1.807) is 6.08 Å². The number of hydrogen-bond donors (Lipinski definition) is 0.